The van der Waals surface area contributed by atoms with E-state index in [-0.39, 0.29) is 5.91 Å². The van der Waals surface area contributed by atoms with Crippen molar-refractivity contribution in [3.05, 3.63) is 51.7 Å². The second-order valence-corrected chi connectivity index (χ2v) is 4.98. The molecule has 2 rings (SSSR count). The van der Waals surface area contributed by atoms with Crippen LogP contribution >= 0.6 is 11.3 Å². The summed E-state index contributed by atoms with van der Waals surface area (Å²) in [4.78, 5) is 24.3. The molecule has 0 saturated carbocycles. The van der Waals surface area contributed by atoms with Crippen molar-refractivity contribution in [3.8, 4) is 0 Å². The molecule has 0 aliphatic heterocycles. The maximum absolute atomic E-state index is 11.9. The zero-order chi connectivity index (χ0) is 13.0. The SMILES string of the molecule is CCc1ccc(C(=O)Nc2ccc(C=O)cc2)s1. The Hall–Kier alpha value is -1.94. The number of carbonyl (C=O) groups is 2. The number of rotatable bonds is 4. The van der Waals surface area contributed by atoms with Crippen LogP contribution in [0.25, 0.3) is 0 Å². The first-order chi connectivity index (χ1) is 8.72. The highest BCUT2D eigenvalue weighted by Gasteiger charge is 2.08. The molecule has 0 atom stereocenters. The van der Waals surface area contributed by atoms with Crippen molar-refractivity contribution in [2.24, 2.45) is 0 Å². The summed E-state index contributed by atoms with van der Waals surface area (Å²) in [5.74, 6) is -0.112. The first-order valence-corrected chi connectivity index (χ1v) is 6.50. The number of thiophene rings is 1. The van der Waals surface area contributed by atoms with Gasteiger partial charge in [-0.25, -0.2) is 0 Å². The molecule has 4 heteroatoms. The maximum Gasteiger partial charge on any atom is 0.265 e. The predicted molar refractivity (Wildman–Crippen MR) is 73.5 cm³/mol. The lowest BCUT2D eigenvalue weighted by atomic mass is 10.2. The minimum atomic E-state index is -0.112. The van der Waals surface area contributed by atoms with Crippen LogP contribution < -0.4 is 5.32 Å². The summed E-state index contributed by atoms with van der Waals surface area (Å²) in [6.45, 7) is 2.06. The fraction of sp³-hybridized carbons (Fsp3) is 0.143. The molecule has 3 nitrogen and oxygen atoms in total. The Balaban J connectivity index is 2.08. The average molecular weight is 259 g/mol. The zero-order valence-corrected chi connectivity index (χ0v) is 10.8. The number of aryl methyl sites for hydroxylation is 1. The monoisotopic (exact) mass is 259 g/mol. The number of aldehydes is 1. The van der Waals surface area contributed by atoms with Crippen LogP contribution in [-0.2, 0) is 6.42 Å². The molecule has 0 bridgehead atoms. The Bertz CT molecular complexity index is 557. The molecular formula is C14H13NO2S. The minimum Gasteiger partial charge on any atom is -0.321 e. The Morgan fingerprint density at radius 3 is 2.50 bits per heavy atom. The van der Waals surface area contributed by atoms with Crippen LogP contribution in [-0.4, -0.2) is 12.2 Å². The van der Waals surface area contributed by atoms with Gasteiger partial charge in [0.2, 0.25) is 0 Å². The first kappa shape index (κ1) is 12.5. The normalized spacial score (nSPS) is 10.1. The highest BCUT2D eigenvalue weighted by atomic mass is 32.1. The van der Waals surface area contributed by atoms with Gasteiger partial charge < -0.3 is 5.32 Å². The second-order valence-electron chi connectivity index (χ2n) is 3.81. The highest BCUT2D eigenvalue weighted by molar-refractivity contribution is 7.14. The van der Waals surface area contributed by atoms with Crippen LogP contribution in [0.5, 0.6) is 0 Å². The van der Waals surface area contributed by atoms with Gasteiger partial charge in [0.1, 0.15) is 6.29 Å². The number of hydrogen-bond donors (Lipinski definition) is 1. The van der Waals surface area contributed by atoms with E-state index in [1.165, 1.54) is 16.2 Å². The minimum absolute atomic E-state index is 0.112. The largest absolute Gasteiger partial charge is 0.321 e. The molecule has 1 amide bonds. The number of nitrogens with one attached hydrogen (secondary N) is 1. The van der Waals surface area contributed by atoms with Crippen LogP contribution in [0.1, 0.15) is 31.8 Å². The Morgan fingerprint density at radius 2 is 1.94 bits per heavy atom. The number of benzene rings is 1. The highest BCUT2D eigenvalue weighted by Crippen LogP contribution is 2.18. The number of carbonyl (C=O) groups excluding carboxylic acids is 2. The van der Waals surface area contributed by atoms with Gasteiger partial charge in [0, 0.05) is 16.1 Å². The maximum atomic E-state index is 11.9. The van der Waals surface area contributed by atoms with Gasteiger partial charge in [-0.3, -0.25) is 9.59 Å². The van der Waals surface area contributed by atoms with Gasteiger partial charge in [-0.1, -0.05) is 6.92 Å². The molecular weight excluding hydrogens is 246 g/mol. The third-order valence-electron chi connectivity index (χ3n) is 2.54. The van der Waals surface area contributed by atoms with E-state index in [2.05, 4.69) is 12.2 Å². The van der Waals surface area contributed by atoms with Gasteiger partial charge in [-0.2, -0.15) is 0 Å². The van der Waals surface area contributed by atoms with Crippen LogP contribution in [0.4, 0.5) is 5.69 Å². The van der Waals surface area contributed by atoms with Gasteiger partial charge in [-0.15, -0.1) is 11.3 Å². The molecule has 0 radical (unpaired) electrons. The molecule has 0 unspecified atom stereocenters. The summed E-state index contributed by atoms with van der Waals surface area (Å²) in [6.07, 6.45) is 1.71. The van der Waals surface area contributed by atoms with E-state index in [1.807, 2.05) is 12.1 Å². The second kappa shape index (κ2) is 5.60. The summed E-state index contributed by atoms with van der Waals surface area (Å²) in [5, 5.41) is 2.80. The molecule has 1 heterocycles. The molecule has 0 fully saturated rings. The third kappa shape index (κ3) is 2.84. The van der Waals surface area contributed by atoms with Crippen molar-refractivity contribution in [2.45, 2.75) is 13.3 Å². The van der Waals surface area contributed by atoms with Gasteiger partial charge in [0.05, 0.1) is 4.88 Å². The van der Waals surface area contributed by atoms with Gasteiger partial charge >= 0.3 is 0 Å². The molecule has 1 aromatic carbocycles. The number of anilines is 1. The summed E-state index contributed by atoms with van der Waals surface area (Å²) >= 11 is 1.50. The van der Waals surface area contributed by atoms with E-state index in [4.69, 9.17) is 0 Å². The lowest BCUT2D eigenvalue weighted by Crippen LogP contribution is -2.09. The van der Waals surface area contributed by atoms with Crippen molar-refractivity contribution in [3.63, 3.8) is 0 Å². The molecule has 1 N–H and O–H groups in total. The zero-order valence-electron chi connectivity index (χ0n) is 9.97. The lowest BCUT2D eigenvalue weighted by Gasteiger charge is -2.03. The molecule has 2 aromatic rings. The van der Waals surface area contributed by atoms with E-state index in [0.29, 0.717) is 16.1 Å². The first-order valence-electron chi connectivity index (χ1n) is 5.68. The van der Waals surface area contributed by atoms with Crippen molar-refractivity contribution in [1.82, 2.24) is 0 Å². The molecule has 0 aliphatic carbocycles. The van der Waals surface area contributed by atoms with E-state index < -0.39 is 0 Å². The summed E-state index contributed by atoms with van der Waals surface area (Å²) < 4.78 is 0. The van der Waals surface area contributed by atoms with Gasteiger partial charge in [0.15, 0.2) is 0 Å². The molecule has 0 aliphatic rings. The fourth-order valence-corrected chi connectivity index (χ4v) is 2.37. The Labute approximate surface area is 109 Å². The topological polar surface area (TPSA) is 46.2 Å². The molecule has 92 valence electrons. The third-order valence-corrected chi connectivity index (χ3v) is 3.77. The smallest absolute Gasteiger partial charge is 0.265 e. The van der Waals surface area contributed by atoms with Crippen molar-refractivity contribution >= 4 is 29.2 Å². The average Bonchev–Trinajstić information content (AvgIpc) is 2.88. The quantitative estimate of drug-likeness (QED) is 0.856. The fourth-order valence-electron chi connectivity index (χ4n) is 1.53. The molecule has 0 spiro atoms. The van der Waals surface area contributed by atoms with Crippen molar-refractivity contribution < 1.29 is 9.59 Å². The number of amides is 1. The van der Waals surface area contributed by atoms with E-state index >= 15 is 0 Å². The summed E-state index contributed by atoms with van der Waals surface area (Å²) in [6, 6.07) is 10.6. The Kier molecular flexibility index (Phi) is 3.89. The van der Waals surface area contributed by atoms with Crippen molar-refractivity contribution in [1.29, 1.82) is 0 Å². The lowest BCUT2D eigenvalue weighted by molar-refractivity contribution is 0.103. The van der Waals surface area contributed by atoms with Gasteiger partial charge in [0.25, 0.3) is 5.91 Å². The van der Waals surface area contributed by atoms with E-state index in [9.17, 15) is 9.59 Å². The summed E-state index contributed by atoms with van der Waals surface area (Å²) in [7, 11) is 0. The van der Waals surface area contributed by atoms with Crippen LogP contribution in [0.3, 0.4) is 0 Å². The Morgan fingerprint density at radius 1 is 1.22 bits per heavy atom. The standard InChI is InChI=1S/C14H13NO2S/c1-2-12-7-8-13(18-12)14(17)15-11-5-3-10(9-16)4-6-11/h3-9H,2H2,1H3,(H,15,17). The van der Waals surface area contributed by atoms with Crippen LogP contribution in [0.15, 0.2) is 36.4 Å². The number of hydrogen-bond acceptors (Lipinski definition) is 3. The predicted octanol–water partition coefficient (Wildman–Crippen LogP) is 3.38. The van der Waals surface area contributed by atoms with Crippen LogP contribution in [0.2, 0.25) is 0 Å². The van der Waals surface area contributed by atoms with Gasteiger partial charge in [-0.05, 0) is 42.8 Å². The van der Waals surface area contributed by atoms with Crippen molar-refractivity contribution in [2.75, 3.05) is 5.32 Å². The van der Waals surface area contributed by atoms with Crippen LogP contribution in [0, 0.1) is 0 Å². The van der Waals surface area contributed by atoms with E-state index in [0.717, 1.165) is 12.7 Å². The molecule has 0 saturated heterocycles. The summed E-state index contributed by atoms with van der Waals surface area (Å²) in [5.41, 5.74) is 1.29. The van der Waals surface area contributed by atoms with E-state index in [1.54, 1.807) is 24.3 Å². The molecule has 18 heavy (non-hydrogen) atoms. The molecule has 1 aromatic heterocycles.